The van der Waals surface area contributed by atoms with Crippen LogP contribution in [0.1, 0.15) is 30.1 Å². The Kier molecular flexibility index (Phi) is 5.56. The first-order valence-electron chi connectivity index (χ1n) is 7.32. The molecule has 0 aliphatic carbocycles. The highest BCUT2D eigenvalue weighted by atomic mass is 16.5. The van der Waals surface area contributed by atoms with Crippen LogP contribution in [0.3, 0.4) is 0 Å². The number of aliphatic hydroxyl groups is 1. The Morgan fingerprint density at radius 2 is 2.25 bits per heavy atom. The molecule has 2 rings (SSSR count). The van der Waals surface area contributed by atoms with Gasteiger partial charge >= 0.3 is 0 Å². The molecule has 0 spiro atoms. The number of benzene rings is 1. The van der Waals surface area contributed by atoms with Crippen LogP contribution in [0.4, 0.5) is 0 Å². The van der Waals surface area contributed by atoms with E-state index in [0.29, 0.717) is 30.4 Å². The third-order valence-electron chi connectivity index (χ3n) is 3.76. The number of hydrogen-bond donors (Lipinski definition) is 1. The minimum atomic E-state index is 0.110. The number of carbonyl (C=O) groups excluding carboxylic acids is 1. The van der Waals surface area contributed by atoms with E-state index in [0.717, 1.165) is 25.9 Å². The molecule has 20 heavy (non-hydrogen) atoms. The molecule has 1 fully saturated rings. The van der Waals surface area contributed by atoms with Crippen LogP contribution >= 0.6 is 0 Å². The third kappa shape index (κ3) is 3.81. The van der Waals surface area contributed by atoms with E-state index >= 15 is 0 Å². The molecule has 1 atom stereocenters. The molecule has 1 aromatic carbocycles. The summed E-state index contributed by atoms with van der Waals surface area (Å²) < 4.78 is 5.51. The van der Waals surface area contributed by atoms with Crippen LogP contribution in [-0.4, -0.2) is 48.6 Å². The van der Waals surface area contributed by atoms with Gasteiger partial charge in [0.15, 0.2) is 5.78 Å². The van der Waals surface area contributed by atoms with Crippen LogP contribution in [0.2, 0.25) is 0 Å². The van der Waals surface area contributed by atoms with E-state index in [1.807, 2.05) is 31.2 Å². The second-order valence-electron chi connectivity index (χ2n) is 5.25. The Bertz CT molecular complexity index is 447. The number of carbonyl (C=O) groups is 1. The molecule has 1 aromatic rings. The minimum absolute atomic E-state index is 0.110. The summed E-state index contributed by atoms with van der Waals surface area (Å²) in [4.78, 5) is 14.6. The number of hydrogen-bond acceptors (Lipinski definition) is 4. The number of aliphatic hydroxyl groups excluding tert-OH is 1. The monoisotopic (exact) mass is 277 g/mol. The zero-order valence-electron chi connectivity index (χ0n) is 12.0. The Hall–Kier alpha value is -1.39. The van der Waals surface area contributed by atoms with E-state index < -0.39 is 0 Å². The predicted octanol–water partition coefficient (Wildman–Crippen LogP) is 1.97. The maximum absolute atomic E-state index is 12.4. The zero-order chi connectivity index (χ0) is 14.4. The molecular weight excluding hydrogens is 254 g/mol. The Labute approximate surface area is 120 Å². The van der Waals surface area contributed by atoms with E-state index in [1.165, 1.54) is 0 Å². The fourth-order valence-electron chi connectivity index (χ4n) is 2.74. The number of para-hydroxylation sites is 1. The molecule has 1 N–H and O–H groups in total. The molecule has 0 amide bonds. The van der Waals surface area contributed by atoms with Gasteiger partial charge in [-0.3, -0.25) is 9.69 Å². The maximum atomic E-state index is 12.4. The molecule has 1 saturated heterocycles. The van der Waals surface area contributed by atoms with Gasteiger partial charge in [-0.15, -0.1) is 0 Å². The normalized spacial score (nSPS) is 19.2. The highest BCUT2D eigenvalue weighted by Crippen LogP contribution is 2.22. The molecule has 1 unspecified atom stereocenters. The van der Waals surface area contributed by atoms with Gasteiger partial charge in [0.25, 0.3) is 0 Å². The smallest absolute Gasteiger partial charge is 0.180 e. The molecule has 4 heteroatoms. The highest BCUT2D eigenvalue weighted by molar-refractivity contribution is 6.00. The van der Waals surface area contributed by atoms with Crippen molar-refractivity contribution in [3.8, 4) is 5.75 Å². The first kappa shape index (κ1) is 15.0. The lowest BCUT2D eigenvalue weighted by Gasteiger charge is -2.16. The van der Waals surface area contributed by atoms with Crippen LogP contribution in [0.15, 0.2) is 24.3 Å². The lowest BCUT2D eigenvalue weighted by atomic mass is 10.1. The number of nitrogens with zero attached hydrogens (tertiary/aromatic N) is 1. The molecular formula is C16H23NO3. The average molecular weight is 277 g/mol. The van der Waals surface area contributed by atoms with Crippen molar-refractivity contribution >= 4 is 5.78 Å². The second kappa shape index (κ2) is 7.41. The van der Waals surface area contributed by atoms with Crippen molar-refractivity contribution in [3.05, 3.63) is 29.8 Å². The largest absolute Gasteiger partial charge is 0.493 e. The van der Waals surface area contributed by atoms with Gasteiger partial charge in [0.05, 0.1) is 18.7 Å². The zero-order valence-corrected chi connectivity index (χ0v) is 12.0. The van der Waals surface area contributed by atoms with Gasteiger partial charge in [-0.2, -0.15) is 0 Å². The van der Waals surface area contributed by atoms with Crippen LogP contribution in [-0.2, 0) is 0 Å². The number of likely N-dealkylation sites (tertiary alicyclic amines) is 1. The molecule has 0 aromatic heterocycles. The first-order chi connectivity index (χ1) is 9.74. The summed E-state index contributed by atoms with van der Waals surface area (Å²) in [6.07, 6.45) is 1.90. The number of rotatable bonds is 7. The molecule has 0 radical (unpaired) electrons. The van der Waals surface area contributed by atoms with Gasteiger partial charge in [-0.25, -0.2) is 0 Å². The van der Waals surface area contributed by atoms with Crippen molar-refractivity contribution < 1.29 is 14.6 Å². The molecule has 110 valence electrons. The van der Waals surface area contributed by atoms with Gasteiger partial charge < -0.3 is 9.84 Å². The van der Waals surface area contributed by atoms with Crippen molar-refractivity contribution in [2.24, 2.45) is 5.92 Å². The lowest BCUT2D eigenvalue weighted by molar-refractivity contribution is 0.0939. The van der Waals surface area contributed by atoms with Crippen molar-refractivity contribution in [1.82, 2.24) is 4.90 Å². The molecule has 1 aliphatic heterocycles. The summed E-state index contributed by atoms with van der Waals surface area (Å²) in [6, 6.07) is 7.42. The van der Waals surface area contributed by atoms with Crippen molar-refractivity contribution in [2.45, 2.75) is 19.8 Å². The minimum Gasteiger partial charge on any atom is -0.493 e. The predicted molar refractivity (Wildman–Crippen MR) is 78.2 cm³/mol. The van der Waals surface area contributed by atoms with E-state index in [-0.39, 0.29) is 12.4 Å². The van der Waals surface area contributed by atoms with Crippen LogP contribution < -0.4 is 4.74 Å². The highest BCUT2D eigenvalue weighted by Gasteiger charge is 2.24. The first-order valence-corrected chi connectivity index (χ1v) is 7.32. The molecule has 0 bridgehead atoms. The molecule has 1 heterocycles. The van der Waals surface area contributed by atoms with Crippen molar-refractivity contribution in [3.63, 3.8) is 0 Å². The van der Waals surface area contributed by atoms with Crippen LogP contribution in [0, 0.1) is 5.92 Å². The number of ketones is 1. The maximum Gasteiger partial charge on any atom is 0.180 e. The average Bonchev–Trinajstić information content (AvgIpc) is 2.87. The van der Waals surface area contributed by atoms with Crippen LogP contribution in [0.5, 0.6) is 5.75 Å². The Morgan fingerprint density at radius 3 is 3.00 bits per heavy atom. The summed E-state index contributed by atoms with van der Waals surface area (Å²) in [6.45, 7) is 5.00. The van der Waals surface area contributed by atoms with Crippen molar-refractivity contribution in [1.29, 1.82) is 0 Å². The van der Waals surface area contributed by atoms with E-state index in [2.05, 4.69) is 4.90 Å². The number of ether oxygens (including phenoxy) is 1. The Balaban J connectivity index is 1.95. The topological polar surface area (TPSA) is 49.8 Å². The summed E-state index contributed by atoms with van der Waals surface area (Å²) >= 11 is 0. The quantitative estimate of drug-likeness (QED) is 0.774. The fourth-order valence-corrected chi connectivity index (χ4v) is 2.74. The third-order valence-corrected chi connectivity index (χ3v) is 3.76. The van der Waals surface area contributed by atoms with Gasteiger partial charge in [0.2, 0.25) is 0 Å². The van der Waals surface area contributed by atoms with Gasteiger partial charge in [0, 0.05) is 13.2 Å². The van der Waals surface area contributed by atoms with Crippen molar-refractivity contribution in [2.75, 3.05) is 32.8 Å². The molecule has 1 aliphatic rings. The van der Waals surface area contributed by atoms with Crippen LogP contribution in [0.25, 0.3) is 0 Å². The lowest BCUT2D eigenvalue weighted by Crippen LogP contribution is -2.28. The SMILES string of the molecule is CCOc1ccccc1C(=O)CN1CCC(CCO)C1. The summed E-state index contributed by atoms with van der Waals surface area (Å²) in [5.74, 6) is 1.31. The van der Waals surface area contributed by atoms with Gasteiger partial charge in [-0.05, 0) is 44.4 Å². The summed E-state index contributed by atoms with van der Waals surface area (Å²) in [5.41, 5.74) is 0.667. The summed E-state index contributed by atoms with van der Waals surface area (Å²) in [7, 11) is 0. The second-order valence-corrected chi connectivity index (χ2v) is 5.25. The standard InChI is InChI=1S/C16H23NO3/c1-2-20-16-6-4-3-5-14(16)15(19)12-17-9-7-13(11-17)8-10-18/h3-6,13,18H,2,7-12H2,1H3. The number of Topliss-reactive ketones (excluding diaryl/α,β-unsaturated/α-hetero) is 1. The van der Waals surface area contributed by atoms with Gasteiger partial charge in [0.1, 0.15) is 5.75 Å². The van der Waals surface area contributed by atoms with E-state index in [1.54, 1.807) is 0 Å². The fraction of sp³-hybridized carbons (Fsp3) is 0.562. The molecule has 4 nitrogen and oxygen atoms in total. The summed E-state index contributed by atoms with van der Waals surface area (Å²) in [5, 5.41) is 8.97. The van der Waals surface area contributed by atoms with E-state index in [9.17, 15) is 4.79 Å². The molecule has 0 saturated carbocycles. The Morgan fingerprint density at radius 1 is 1.45 bits per heavy atom. The van der Waals surface area contributed by atoms with E-state index in [4.69, 9.17) is 9.84 Å². The van der Waals surface area contributed by atoms with Gasteiger partial charge in [-0.1, -0.05) is 12.1 Å².